The lowest BCUT2D eigenvalue weighted by molar-refractivity contribution is -0.113. The van der Waals surface area contributed by atoms with Gasteiger partial charge in [0.2, 0.25) is 0 Å². The van der Waals surface area contributed by atoms with Gasteiger partial charge < -0.3 is 9.52 Å². The Balaban J connectivity index is 1.50. The number of amides is 1. The maximum absolute atomic E-state index is 13.5. The van der Waals surface area contributed by atoms with E-state index in [0.29, 0.717) is 34.2 Å². The number of carboxylic acid groups (broad SMARTS) is 1. The predicted molar refractivity (Wildman–Crippen MR) is 136 cm³/mol. The number of azide groups is 1. The first-order valence-electron chi connectivity index (χ1n) is 11.0. The molecule has 0 saturated carbocycles. The second-order valence-electron chi connectivity index (χ2n) is 7.93. The van der Waals surface area contributed by atoms with Crippen molar-refractivity contribution in [2.24, 2.45) is 5.11 Å². The van der Waals surface area contributed by atoms with E-state index in [-0.39, 0.29) is 11.5 Å². The third kappa shape index (κ3) is 4.40. The molecule has 1 aromatic heterocycles. The summed E-state index contributed by atoms with van der Waals surface area (Å²) in [4.78, 5) is 29.1. The molecule has 4 aromatic rings. The molecular weight excluding hydrogens is 456 g/mol. The number of aromatic carboxylic acids is 1. The number of anilines is 1. The normalized spacial score (nSPS) is 14.0. The van der Waals surface area contributed by atoms with Gasteiger partial charge in [0.05, 0.1) is 11.3 Å². The number of hydrogen-bond donors (Lipinski definition) is 1. The molecule has 0 unspecified atom stereocenters. The summed E-state index contributed by atoms with van der Waals surface area (Å²) in [6.45, 7) is 0. The van der Waals surface area contributed by atoms with Crippen molar-refractivity contribution in [3.05, 3.63) is 130 Å². The zero-order chi connectivity index (χ0) is 25.1. The van der Waals surface area contributed by atoms with Gasteiger partial charge >= 0.3 is 5.97 Å². The van der Waals surface area contributed by atoms with Crippen LogP contribution in [0.4, 0.5) is 11.4 Å². The molecule has 8 heteroatoms. The van der Waals surface area contributed by atoms with E-state index in [1.54, 1.807) is 65.6 Å². The standard InChI is InChI=1S/C28H18N4O4/c29-31-30-22-10-6-19(7-11-22)26-15-14-24(36-26)16-21-17-25(18-4-2-1-3-5-18)32(27(21)33)23-12-8-20(9-13-23)28(34)35/h1-17H,(H,34,35)/b21-16-. The average Bonchev–Trinajstić information content (AvgIpc) is 3.50. The lowest BCUT2D eigenvalue weighted by Gasteiger charge is -2.21. The number of carbonyl (C=O) groups excluding carboxylic acids is 1. The van der Waals surface area contributed by atoms with Crippen molar-refractivity contribution < 1.29 is 19.1 Å². The summed E-state index contributed by atoms with van der Waals surface area (Å²) in [5.74, 6) is -0.185. The molecule has 0 bridgehead atoms. The van der Waals surface area contributed by atoms with Gasteiger partial charge in [0, 0.05) is 27.4 Å². The van der Waals surface area contributed by atoms with Crippen LogP contribution in [0.25, 0.3) is 33.5 Å². The van der Waals surface area contributed by atoms with E-state index >= 15 is 0 Å². The van der Waals surface area contributed by atoms with Crippen LogP contribution in [0, 0.1) is 0 Å². The van der Waals surface area contributed by atoms with Crippen molar-refractivity contribution in [3.63, 3.8) is 0 Å². The van der Waals surface area contributed by atoms with Crippen molar-refractivity contribution in [1.29, 1.82) is 0 Å². The van der Waals surface area contributed by atoms with Crippen LogP contribution in [-0.4, -0.2) is 17.0 Å². The number of carboxylic acids is 1. The van der Waals surface area contributed by atoms with E-state index in [2.05, 4.69) is 10.0 Å². The van der Waals surface area contributed by atoms with E-state index < -0.39 is 5.97 Å². The van der Waals surface area contributed by atoms with E-state index in [9.17, 15) is 14.7 Å². The smallest absolute Gasteiger partial charge is 0.335 e. The third-order valence-corrected chi connectivity index (χ3v) is 5.66. The SMILES string of the molecule is [N-]=[N+]=Nc1ccc(-c2ccc(/C=C3/C=C(c4ccccc4)N(c4ccc(C(=O)O)cc4)C3=O)o2)cc1. The van der Waals surface area contributed by atoms with Crippen LogP contribution in [0.3, 0.4) is 0 Å². The van der Waals surface area contributed by atoms with Gasteiger partial charge in [-0.05, 0) is 59.6 Å². The summed E-state index contributed by atoms with van der Waals surface area (Å²) in [6.07, 6.45) is 3.47. The van der Waals surface area contributed by atoms with Crippen molar-refractivity contribution in [2.75, 3.05) is 4.90 Å². The topological polar surface area (TPSA) is 120 Å². The fourth-order valence-corrected chi connectivity index (χ4v) is 3.93. The van der Waals surface area contributed by atoms with Gasteiger partial charge in [-0.25, -0.2) is 4.79 Å². The molecule has 0 aliphatic carbocycles. The number of hydrogen-bond acceptors (Lipinski definition) is 4. The molecular formula is C28H18N4O4. The number of benzene rings is 3. The molecule has 174 valence electrons. The zero-order valence-electron chi connectivity index (χ0n) is 18.8. The van der Waals surface area contributed by atoms with Crippen LogP contribution in [0.1, 0.15) is 21.7 Å². The molecule has 1 N–H and O–H groups in total. The highest BCUT2D eigenvalue weighted by atomic mass is 16.4. The molecule has 1 amide bonds. The van der Waals surface area contributed by atoms with Crippen LogP contribution in [0.15, 0.2) is 112 Å². The highest BCUT2D eigenvalue weighted by Crippen LogP contribution is 2.36. The fourth-order valence-electron chi connectivity index (χ4n) is 3.93. The van der Waals surface area contributed by atoms with Crippen LogP contribution < -0.4 is 4.90 Å². The molecule has 8 nitrogen and oxygen atoms in total. The maximum atomic E-state index is 13.5. The molecule has 2 heterocycles. The average molecular weight is 474 g/mol. The quantitative estimate of drug-likeness (QED) is 0.139. The number of carbonyl (C=O) groups is 2. The van der Waals surface area contributed by atoms with Gasteiger partial charge in [0.1, 0.15) is 11.5 Å². The zero-order valence-corrected chi connectivity index (χ0v) is 18.8. The van der Waals surface area contributed by atoms with Crippen LogP contribution in [0.2, 0.25) is 0 Å². The van der Waals surface area contributed by atoms with E-state index in [0.717, 1.165) is 11.1 Å². The Morgan fingerprint density at radius 3 is 2.31 bits per heavy atom. The Kier molecular flexibility index (Phi) is 5.93. The minimum atomic E-state index is -1.03. The number of rotatable bonds is 6. The molecule has 0 spiro atoms. The molecule has 5 rings (SSSR count). The van der Waals surface area contributed by atoms with E-state index in [1.165, 1.54) is 12.1 Å². The van der Waals surface area contributed by atoms with Gasteiger partial charge in [-0.3, -0.25) is 9.69 Å². The van der Waals surface area contributed by atoms with Crippen molar-refractivity contribution >= 4 is 35.0 Å². The van der Waals surface area contributed by atoms with Crippen molar-refractivity contribution in [1.82, 2.24) is 0 Å². The number of nitrogens with zero attached hydrogens (tertiary/aromatic N) is 4. The highest BCUT2D eigenvalue weighted by Gasteiger charge is 2.30. The Hall–Kier alpha value is -5.33. The molecule has 0 fully saturated rings. The first kappa shape index (κ1) is 22.5. The lowest BCUT2D eigenvalue weighted by Crippen LogP contribution is -2.25. The minimum Gasteiger partial charge on any atom is -0.478 e. The molecule has 0 saturated heterocycles. The van der Waals surface area contributed by atoms with Gasteiger partial charge in [0.25, 0.3) is 5.91 Å². The summed E-state index contributed by atoms with van der Waals surface area (Å²) >= 11 is 0. The van der Waals surface area contributed by atoms with Crippen molar-refractivity contribution in [2.45, 2.75) is 0 Å². The van der Waals surface area contributed by atoms with Crippen molar-refractivity contribution in [3.8, 4) is 11.3 Å². The second kappa shape index (κ2) is 9.50. The van der Waals surface area contributed by atoms with Crippen LogP contribution in [-0.2, 0) is 4.79 Å². The summed E-state index contributed by atoms with van der Waals surface area (Å²) in [5.41, 5.74) is 12.5. The molecule has 3 aromatic carbocycles. The molecule has 1 aliphatic heterocycles. The minimum absolute atomic E-state index is 0.141. The number of furan rings is 1. The largest absolute Gasteiger partial charge is 0.478 e. The fraction of sp³-hybridized carbons (Fsp3) is 0. The van der Waals surface area contributed by atoms with E-state index in [1.807, 2.05) is 30.3 Å². The first-order chi connectivity index (χ1) is 17.5. The molecule has 36 heavy (non-hydrogen) atoms. The van der Waals surface area contributed by atoms with Gasteiger partial charge in [-0.15, -0.1) is 0 Å². The monoisotopic (exact) mass is 474 g/mol. The molecule has 0 atom stereocenters. The maximum Gasteiger partial charge on any atom is 0.335 e. The molecule has 0 radical (unpaired) electrons. The second-order valence-corrected chi connectivity index (χ2v) is 7.93. The summed E-state index contributed by atoms with van der Waals surface area (Å²) in [7, 11) is 0. The Morgan fingerprint density at radius 2 is 1.64 bits per heavy atom. The van der Waals surface area contributed by atoms with Gasteiger partial charge in [-0.2, -0.15) is 0 Å². The van der Waals surface area contributed by atoms with Crippen LogP contribution in [0.5, 0.6) is 0 Å². The predicted octanol–water partition coefficient (Wildman–Crippen LogP) is 7.06. The third-order valence-electron chi connectivity index (χ3n) is 5.66. The van der Waals surface area contributed by atoms with Gasteiger partial charge in [-0.1, -0.05) is 59.7 Å². The van der Waals surface area contributed by atoms with Crippen LogP contribution >= 0.6 is 0 Å². The summed E-state index contributed by atoms with van der Waals surface area (Å²) < 4.78 is 5.96. The highest BCUT2D eigenvalue weighted by molar-refractivity contribution is 6.23. The summed E-state index contributed by atoms with van der Waals surface area (Å²) in [6, 6.07) is 26.2. The Labute approximate surface area is 205 Å². The van der Waals surface area contributed by atoms with E-state index in [4.69, 9.17) is 9.95 Å². The first-order valence-corrected chi connectivity index (χ1v) is 11.0. The lowest BCUT2D eigenvalue weighted by atomic mass is 10.1. The molecule has 1 aliphatic rings. The Morgan fingerprint density at radius 1 is 0.917 bits per heavy atom. The summed E-state index contributed by atoms with van der Waals surface area (Å²) in [5, 5.41) is 12.8. The Bertz CT molecular complexity index is 1560. The van der Waals surface area contributed by atoms with Gasteiger partial charge in [0.15, 0.2) is 0 Å².